The summed E-state index contributed by atoms with van der Waals surface area (Å²) in [5.41, 5.74) is 10.2. The smallest absolute Gasteiger partial charge is 0.259 e. The second-order valence-electron chi connectivity index (χ2n) is 4.36. The summed E-state index contributed by atoms with van der Waals surface area (Å²) in [6.45, 7) is 1.56. The second-order valence-corrected chi connectivity index (χ2v) is 4.36. The highest BCUT2D eigenvalue weighted by Crippen LogP contribution is 2.62. The quantitative estimate of drug-likeness (QED) is 0.571. The largest absolute Gasteiger partial charge is 0.327 e. The van der Waals surface area contributed by atoms with Gasteiger partial charge in [0.15, 0.2) is 0 Å². The van der Waals surface area contributed by atoms with E-state index in [0.717, 1.165) is 0 Å². The molecule has 4 N–H and O–H groups in total. The third kappa shape index (κ3) is 0.661. The van der Waals surface area contributed by atoms with E-state index >= 15 is 0 Å². The van der Waals surface area contributed by atoms with Crippen molar-refractivity contribution in [2.24, 2.45) is 22.8 Å². The van der Waals surface area contributed by atoms with Crippen LogP contribution in [0.25, 0.3) is 0 Å². The van der Waals surface area contributed by atoms with Gasteiger partial charge in [0, 0.05) is 23.4 Å². The Morgan fingerprint density at radius 2 is 1.92 bits per heavy atom. The number of halogens is 2. The Balaban J connectivity index is 2.41. The van der Waals surface area contributed by atoms with Crippen molar-refractivity contribution in [3.05, 3.63) is 0 Å². The molecule has 2 fully saturated rings. The molecule has 2 aliphatic rings. The summed E-state index contributed by atoms with van der Waals surface area (Å²) in [5.74, 6) is -3.33. The van der Waals surface area contributed by atoms with Crippen LogP contribution in [-0.4, -0.2) is 18.0 Å². The number of alkyl halides is 2. The topological polar surface area (TPSA) is 52.0 Å². The molecule has 12 heavy (non-hydrogen) atoms. The predicted octanol–water partition coefficient (Wildman–Crippen LogP) is 0.706. The zero-order chi connectivity index (χ0) is 9.15. The van der Waals surface area contributed by atoms with Gasteiger partial charge in [0.05, 0.1) is 0 Å². The van der Waals surface area contributed by atoms with Gasteiger partial charge in [-0.2, -0.15) is 0 Å². The highest BCUT2D eigenvalue weighted by atomic mass is 19.3. The molecule has 0 aromatic heterocycles. The lowest BCUT2D eigenvalue weighted by atomic mass is 9.80. The Bertz CT molecular complexity index is 219. The number of nitrogens with two attached hydrogens (primary N) is 2. The van der Waals surface area contributed by atoms with Gasteiger partial charge in [-0.3, -0.25) is 0 Å². The van der Waals surface area contributed by atoms with E-state index in [-0.39, 0.29) is 12.1 Å². The molecule has 0 aromatic rings. The molecule has 2 nitrogen and oxygen atoms in total. The molecule has 2 rings (SSSR count). The van der Waals surface area contributed by atoms with E-state index < -0.39 is 17.3 Å². The van der Waals surface area contributed by atoms with Gasteiger partial charge in [0.1, 0.15) is 0 Å². The molecule has 0 radical (unpaired) electrons. The minimum Gasteiger partial charge on any atom is -0.327 e. The number of rotatable bonds is 0. The summed E-state index contributed by atoms with van der Waals surface area (Å²) in [6.07, 6.45) is 0.747. The van der Waals surface area contributed by atoms with Crippen LogP contribution in [-0.2, 0) is 0 Å². The van der Waals surface area contributed by atoms with Crippen molar-refractivity contribution in [1.29, 1.82) is 0 Å². The first-order chi connectivity index (χ1) is 5.39. The highest BCUT2D eigenvalue weighted by molar-refractivity contribution is 5.17. The van der Waals surface area contributed by atoms with Gasteiger partial charge in [-0.05, 0) is 12.8 Å². The zero-order valence-electron chi connectivity index (χ0n) is 7.06. The Kier molecular flexibility index (Phi) is 1.39. The van der Waals surface area contributed by atoms with Gasteiger partial charge in [-0.25, -0.2) is 8.78 Å². The number of fused-ring (bicyclic) bond motifs is 2. The molecule has 4 atom stereocenters. The van der Waals surface area contributed by atoms with Gasteiger partial charge < -0.3 is 11.5 Å². The van der Waals surface area contributed by atoms with E-state index in [0.29, 0.717) is 12.8 Å². The highest BCUT2D eigenvalue weighted by Gasteiger charge is 2.70. The fourth-order valence-electron chi connectivity index (χ4n) is 2.72. The molecule has 0 heterocycles. The third-order valence-electron chi connectivity index (χ3n) is 3.73. The average molecular weight is 176 g/mol. The molecule has 70 valence electrons. The van der Waals surface area contributed by atoms with Crippen LogP contribution >= 0.6 is 0 Å². The molecule has 2 saturated carbocycles. The first-order valence-corrected chi connectivity index (χ1v) is 4.28. The average Bonchev–Trinajstić information content (AvgIpc) is 2.18. The summed E-state index contributed by atoms with van der Waals surface area (Å²) in [4.78, 5) is 0. The molecule has 0 spiro atoms. The Morgan fingerprint density at radius 1 is 1.33 bits per heavy atom. The third-order valence-corrected chi connectivity index (χ3v) is 3.73. The van der Waals surface area contributed by atoms with Crippen LogP contribution in [0.15, 0.2) is 0 Å². The molecule has 0 aliphatic heterocycles. The van der Waals surface area contributed by atoms with E-state index in [1.54, 1.807) is 6.92 Å². The van der Waals surface area contributed by atoms with Crippen LogP contribution < -0.4 is 11.5 Å². The molecule has 0 saturated heterocycles. The molecule has 2 bridgehead atoms. The van der Waals surface area contributed by atoms with Gasteiger partial charge in [0.25, 0.3) is 5.92 Å². The predicted molar refractivity (Wildman–Crippen MR) is 41.7 cm³/mol. The van der Waals surface area contributed by atoms with Crippen molar-refractivity contribution in [3.8, 4) is 0 Å². The first kappa shape index (κ1) is 8.38. The normalized spacial score (nSPS) is 56.2. The van der Waals surface area contributed by atoms with Crippen molar-refractivity contribution < 1.29 is 8.78 Å². The number of hydrogen-bond acceptors (Lipinski definition) is 2. The Morgan fingerprint density at radius 3 is 2.17 bits per heavy atom. The van der Waals surface area contributed by atoms with E-state index in [2.05, 4.69) is 0 Å². The van der Waals surface area contributed by atoms with E-state index in [1.807, 2.05) is 0 Å². The van der Waals surface area contributed by atoms with E-state index in [1.165, 1.54) is 0 Å². The zero-order valence-corrected chi connectivity index (χ0v) is 7.06. The van der Waals surface area contributed by atoms with Crippen LogP contribution in [0, 0.1) is 11.3 Å². The fraction of sp³-hybridized carbons (Fsp3) is 1.00. The lowest BCUT2D eigenvalue weighted by Crippen LogP contribution is -2.44. The molecule has 0 amide bonds. The SMILES string of the molecule is CC12CC(N)C(CC1N)C2(F)F. The Labute approximate surface area is 70.3 Å². The lowest BCUT2D eigenvalue weighted by Gasteiger charge is -2.31. The van der Waals surface area contributed by atoms with Crippen LogP contribution in [0.1, 0.15) is 19.8 Å². The van der Waals surface area contributed by atoms with Crippen molar-refractivity contribution in [1.82, 2.24) is 0 Å². The molecule has 4 heteroatoms. The first-order valence-electron chi connectivity index (χ1n) is 4.28. The number of hydrogen-bond donors (Lipinski definition) is 2. The van der Waals surface area contributed by atoms with Gasteiger partial charge >= 0.3 is 0 Å². The maximum absolute atomic E-state index is 13.5. The van der Waals surface area contributed by atoms with Gasteiger partial charge in [-0.15, -0.1) is 0 Å². The van der Waals surface area contributed by atoms with Crippen molar-refractivity contribution in [2.75, 3.05) is 0 Å². The maximum Gasteiger partial charge on any atom is 0.259 e. The monoisotopic (exact) mass is 176 g/mol. The minimum atomic E-state index is -2.65. The van der Waals surface area contributed by atoms with Gasteiger partial charge in [0.2, 0.25) is 0 Å². The molecule has 4 unspecified atom stereocenters. The molecular formula is C8H14F2N2. The van der Waals surface area contributed by atoms with Crippen LogP contribution in [0.2, 0.25) is 0 Å². The second kappa shape index (κ2) is 1.99. The van der Waals surface area contributed by atoms with Crippen LogP contribution in [0.4, 0.5) is 8.78 Å². The van der Waals surface area contributed by atoms with Crippen LogP contribution in [0.5, 0.6) is 0 Å². The minimum absolute atomic E-state index is 0.357. The summed E-state index contributed by atoms with van der Waals surface area (Å²) < 4.78 is 27.0. The fourth-order valence-corrected chi connectivity index (χ4v) is 2.72. The molecule has 0 aromatic carbocycles. The van der Waals surface area contributed by atoms with Crippen molar-refractivity contribution in [2.45, 2.75) is 37.8 Å². The Hall–Kier alpha value is -0.220. The standard InChI is InChI=1S/C8H14F2N2/c1-7-3-5(11)4(2-6(7)12)8(7,9)10/h4-6H,2-3,11-12H2,1H3. The van der Waals surface area contributed by atoms with Crippen LogP contribution in [0.3, 0.4) is 0 Å². The van der Waals surface area contributed by atoms with E-state index in [4.69, 9.17) is 11.5 Å². The lowest BCUT2D eigenvalue weighted by molar-refractivity contribution is -0.0922. The summed E-state index contributed by atoms with van der Waals surface area (Å²) in [7, 11) is 0. The summed E-state index contributed by atoms with van der Waals surface area (Å²) in [5, 5.41) is 0. The molecular weight excluding hydrogens is 162 g/mol. The van der Waals surface area contributed by atoms with E-state index in [9.17, 15) is 8.78 Å². The van der Waals surface area contributed by atoms with Crippen molar-refractivity contribution >= 4 is 0 Å². The molecule has 2 aliphatic carbocycles. The summed E-state index contributed by atoms with van der Waals surface area (Å²) in [6, 6.07) is -0.734. The summed E-state index contributed by atoms with van der Waals surface area (Å²) >= 11 is 0. The van der Waals surface area contributed by atoms with Gasteiger partial charge in [-0.1, -0.05) is 6.92 Å². The maximum atomic E-state index is 13.5. The van der Waals surface area contributed by atoms with Crippen molar-refractivity contribution in [3.63, 3.8) is 0 Å².